The molecule has 0 N–H and O–H groups in total. The first-order valence-corrected chi connectivity index (χ1v) is 8.95. The van der Waals surface area contributed by atoms with Crippen molar-refractivity contribution in [3.05, 3.63) is 29.6 Å². The second-order valence-electron chi connectivity index (χ2n) is 7.09. The lowest BCUT2D eigenvalue weighted by molar-refractivity contribution is 0.00277. The Kier molecular flexibility index (Phi) is 5.11. The van der Waals surface area contributed by atoms with E-state index in [9.17, 15) is 18.4 Å². The highest BCUT2D eigenvalue weighted by atomic mass is 19.1. The van der Waals surface area contributed by atoms with Crippen molar-refractivity contribution < 1.29 is 23.1 Å². The Labute approximate surface area is 151 Å². The Bertz CT molecular complexity index is 705. The average molecular weight is 367 g/mol. The maximum atomic E-state index is 13.8. The molecule has 2 saturated heterocycles. The van der Waals surface area contributed by atoms with Gasteiger partial charge >= 0.3 is 6.09 Å². The standard InChI is InChI=1S/C18H23F2N3O3/c1-3-4-12(2)23-11-18(26-17(23)25)5-7-22(8-6-18)16(24)15-14(20)9-13(19)10-21-15/h9-10,12H,3-8,11H2,1-2H3/t12-/m1/s1. The van der Waals surface area contributed by atoms with Crippen molar-refractivity contribution in [3.63, 3.8) is 0 Å². The van der Waals surface area contributed by atoms with Crippen LogP contribution >= 0.6 is 0 Å². The predicted molar refractivity (Wildman–Crippen MR) is 89.6 cm³/mol. The number of rotatable bonds is 4. The molecular formula is C18H23F2N3O3. The van der Waals surface area contributed by atoms with Crippen LogP contribution in [0.3, 0.4) is 0 Å². The Morgan fingerprint density at radius 2 is 2.08 bits per heavy atom. The summed E-state index contributed by atoms with van der Waals surface area (Å²) in [7, 11) is 0. The maximum absolute atomic E-state index is 13.8. The second kappa shape index (κ2) is 7.17. The Morgan fingerprint density at radius 3 is 2.69 bits per heavy atom. The van der Waals surface area contributed by atoms with Crippen molar-refractivity contribution in [2.75, 3.05) is 19.6 Å². The monoisotopic (exact) mass is 367 g/mol. The van der Waals surface area contributed by atoms with Crippen LogP contribution in [0.15, 0.2) is 12.3 Å². The highest BCUT2D eigenvalue weighted by Gasteiger charge is 2.48. The number of amides is 2. The zero-order valence-corrected chi connectivity index (χ0v) is 15.0. The molecule has 0 unspecified atom stereocenters. The van der Waals surface area contributed by atoms with Crippen LogP contribution in [-0.2, 0) is 4.74 Å². The molecule has 2 fully saturated rings. The lowest BCUT2D eigenvalue weighted by Crippen LogP contribution is -2.49. The van der Waals surface area contributed by atoms with E-state index >= 15 is 0 Å². The smallest absolute Gasteiger partial charge is 0.410 e. The van der Waals surface area contributed by atoms with Gasteiger partial charge in [0.15, 0.2) is 11.5 Å². The quantitative estimate of drug-likeness (QED) is 0.821. The summed E-state index contributed by atoms with van der Waals surface area (Å²) in [5, 5.41) is 0. The van der Waals surface area contributed by atoms with Gasteiger partial charge in [-0.3, -0.25) is 4.79 Å². The summed E-state index contributed by atoms with van der Waals surface area (Å²) in [6, 6.07) is 0.765. The Balaban J connectivity index is 1.64. The van der Waals surface area contributed by atoms with Gasteiger partial charge in [0.05, 0.1) is 12.7 Å². The molecule has 8 heteroatoms. The fourth-order valence-corrected chi connectivity index (χ4v) is 3.66. The third-order valence-electron chi connectivity index (χ3n) is 5.21. The predicted octanol–water partition coefficient (Wildman–Crippen LogP) is 2.98. The molecule has 1 spiro atoms. The zero-order valence-electron chi connectivity index (χ0n) is 15.0. The van der Waals surface area contributed by atoms with Gasteiger partial charge in [-0.25, -0.2) is 18.6 Å². The number of hydrogen-bond acceptors (Lipinski definition) is 4. The van der Waals surface area contributed by atoms with E-state index in [1.807, 2.05) is 6.92 Å². The highest BCUT2D eigenvalue weighted by Crippen LogP contribution is 2.35. The number of aromatic nitrogens is 1. The lowest BCUT2D eigenvalue weighted by Gasteiger charge is -2.37. The van der Waals surface area contributed by atoms with Crippen LogP contribution in [0.2, 0.25) is 0 Å². The molecule has 1 atom stereocenters. The summed E-state index contributed by atoms with van der Waals surface area (Å²) >= 11 is 0. The van der Waals surface area contributed by atoms with Gasteiger partial charge < -0.3 is 14.5 Å². The summed E-state index contributed by atoms with van der Waals surface area (Å²) in [5.74, 6) is -2.36. The van der Waals surface area contributed by atoms with Crippen LogP contribution in [0.1, 0.15) is 50.0 Å². The van der Waals surface area contributed by atoms with Gasteiger partial charge in [0.25, 0.3) is 5.91 Å². The summed E-state index contributed by atoms with van der Waals surface area (Å²) in [4.78, 5) is 31.4. The molecule has 2 amide bonds. The molecule has 142 valence electrons. The lowest BCUT2D eigenvalue weighted by atomic mass is 9.90. The van der Waals surface area contributed by atoms with Gasteiger partial charge in [-0.05, 0) is 13.3 Å². The van der Waals surface area contributed by atoms with E-state index < -0.39 is 23.1 Å². The summed E-state index contributed by atoms with van der Waals surface area (Å²) < 4.78 is 32.4. The second-order valence-corrected chi connectivity index (χ2v) is 7.09. The third-order valence-corrected chi connectivity index (χ3v) is 5.21. The molecule has 0 bridgehead atoms. The summed E-state index contributed by atoms with van der Waals surface area (Å²) in [6.45, 7) is 5.26. The van der Waals surface area contributed by atoms with Gasteiger partial charge in [-0.1, -0.05) is 13.3 Å². The first kappa shape index (κ1) is 18.5. The third kappa shape index (κ3) is 3.50. The largest absolute Gasteiger partial charge is 0.441 e. The summed E-state index contributed by atoms with van der Waals surface area (Å²) in [6.07, 6.45) is 3.39. The van der Waals surface area contributed by atoms with Crippen molar-refractivity contribution in [3.8, 4) is 0 Å². The van der Waals surface area contributed by atoms with Crippen molar-refractivity contribution >= 4 is 12.0 Å². The number of nitrogens with zero attached hydrogens (tertiary/aromatic N) is 3. The van der Waals surface area contributed by atoms with Gasteiger partial charge in [0, 0.05) is 38.0 Å². The molecule has 2 aliphatic rings. The van der Waals surface area contributed by atoms with E-state index in [1.54, 1.807) is 4.90 Å². The molecule has 3 rings (SSSR count). The van der Waals surface area contributed by atoms with E-state index in [2.05, 4.69) is 11.9 Å². The SMILES string of the molecule is CCC[C@@H](C)N1CC2(CCN(C(=O)c3ncc(F)cc3F)CC2)OC1=O. The first-order chi connectivity index (χ1) is 12.3. The molecule has 1 aromatic rings. The number of hydrogen-bond donors (Lipinski definition) is 0. The minimum Gasteiger partial charge on any atom is -0.441 e. The molecule has 0 radical (unpaired) electrons. The molecule has 0 saturated carbocycles. The van der Waals surface area contributed by atoms with Crippen LogP contribution < -0.4 is 0 Å². The van der Waals surface area contributed by atoms with Crippen molar-refractivity contribution in [1.29, 1.82) is 0 Å². The van der Waals surface area contributed by atoms with Crippen molar-refractivity contribution in [2.24, 2.45) is 0 Å². The van der Waals surface area contributed by atoms with Crippen LogP contribution in [-0.4, -0.2) is 58.1 Å². The molecule has 0 aliphatic carbocycles. The van der Waals surface area contributed by atoms with Gasteiger partial charge in [-0.15, -0.1) is 0 Å². The number of likely N-dealkylation sites (tertiary alicyclic amines) is 1. The molecular weight excluding hydrogens is 344 g/mol. The molecule has 26 heavy (non-hydrogen) atoms. The number of carbonyl (C=O) groups excluding carboxylic acids is 2. The van der Waals surface area contributed by atoms with E-state index in [-0.39, 0.29) is 17.8 Å². The minimum absolute atomic E-state index is 0.115. The van der Waals surface area contributed by atoms with Gasteiger partial charge in [0.1, 0.15) is 11.4 Å². The van der Waals surface area contributed by atoms with Crippen LogP contribution in [0.4, 0.5) is 13.6 Å². The first-order valence-electron chi connectivity index (χ1n) is 8.95. The fraction of sp³-hybridized carbons (Fsp3) is 0.611. The van der Waals surface area contributed by atoms with Gasteiger partial charge in [-0.2, -0.15) is 0 Å². The number of carbonyl (C=O) groups is 2. The van der Waals surface area contributed by atoms with E-state index in [4.69, 9.17) is 4.74 Å². The molecule has 1 aromatic heterocycles. The van der Waals surface area contributed by atoms with Crippen molar-refractivity contribution in [2.45, 2.75) is 51.2 Å². The normalized spacial score (nSPS) is 20.4. The van der Waals surface area contributed by atoms with Crippen LogP contribution in [0.25, 0.3) is 0 Å². The van der Waals surface area contributed by atoms with E-state index in [0.29, 0.717) is 38.5 Å². The molecule has 3 heterocycles. The van der Waals surface area contributed by atoms with Gasteiger partial charge in [0.2, 0.25) is 0 Å². The number of ether oxygens (including phenoxy) is 1. The highest BCUT2D eigenvalue weighted by molar-refractivity contribution is 5.92. The minimum atomic E-state index is -0.970. The number of pyridine rings is 1. The molecule has 2 aliphatic heterocycles. The topological polar surface area (TPSA) is 62.7 Å². The average Bonchev–Trinajstić information content (AvgIpc) is 2.91. The Morgan fingerprint density at radius 1 is 1.38 bits per heavy atom. The van der Waals surface area contributed by atoms with E-state index in [1.165, 1.54) is 4.90 Å². The maximum Gasteiger partial charge on any atom is 0.410 e. The van der Waals surface area contributed by atoms with Crippen molar-refractivity contribution in [1.82, 2.24) is 14.8 Å². The van der Waals surface area contributed by atoms with Crippen LogP contribution in [0.5, 0.6) is 0 Å². The number of halogens is 2. The van der Waals surface area contributed by atoms with E-state index in [0.717, 1.165) is 19.0 Å². The number of piperidine rings is 1. The summed E-state index contributed by atoms with van der Waals surface area (Å²) in [5.41, 5.74) is -0.978. The molecule has 6 nitrogen and oxygen atoms in total. The zero-order chi connectivity index (χ0) is 18.9. The van der Waals surface area contributed by atoms with Crippen LogP contribution in [0, 0.1) is 11.6 Å². The molecule has 0 aromatic carbocycles. The fourth-order valence-electron chi connectivity index (χ4n) is 3.66. The Hall–Kier alpha value is -2.25.